The van der Waals surface area contributed by atoms with E-state index in [1.807, 2.05) is 41.8 Å². The van der Waals surface area contributed by atoms with Crippen molar-refractivity contribution < 1.29 is 14.9 Å². The van der Waals surface area contributed by atoms with Gasteiger partial charge in [-0.2, -0.15) is 0 Å². The number of hydrogen-bond donors (Lipinski definition) is 3. The zero-order chi connectivity index (χ0) is 20.6. The number of nitrogens with zero attached hydrogens (tertiary/aromatic N) is 4. The molecule has 3 aromatic rings. The average molecular weight is 399 g/mol. The van der Waals surface area contributed by atoms with E-state index in [4.69, 9.17) is 15.6 Å². The van der Waals surface area contributed by atoms with Crippen LogP contribution in [0.5, 0.6) is 0 Å². The molecule has 29 heavy (non-hydrogen) atoms. The molecule has 4 N–H and O–H groups in total. The number of benzene rings is 1. The summed E-state index contributed by atoms with van der Waals surface area (Å²) in [6.07, 6.45) is 5.51. The molecule has 1 unspecified atom stereocenters. The summed E-state index contributed by atoms with van der Waals surface area (Å²) in [5.41, 5.74) is 8.33. The molecular formula is C21H29N5O3. The first-order valence-electron chi connectivity index (χ1n) is 9.97. The number of imidazole rings is 1. The van der Waals surface area contributed by atoms with Gasteiger partial charge in [-0.25, -0.2) is 15.0 Å². The fraction of sp³-hybridized carbons (Fsp3) is 0.476. The molecule has 156 valence electrons. The van der Waals surface area contributed by atoms with Crippen LogP contribution in [0.4, 0.5) is 5.82 Å². The number of nitrogens with two attached hydrogens (primary N) is 1. The Balaban J connectivity index is 1.74. The van der Waals surface area contributed by atoms with Gasteiger partial charge >= 0.3 is 0 Å². The van der Waals surface area contributed by atoms with Crippen molar-refractivity contribution in [1.29, 1.82) is 0 Å². The number of ether oxygens (including phenoxy) is 1. The van der Waals surface area contributed by atoms with Crippen LogP contribution in [0.1, 0.15) is 44.2 Å². The van der Waals surface area contributed by atoms with Crippen LogP contribution in [-0.4, -0.2) is 48.5 Å². The molecule has 2 aromatic heterocycles. The highest BCUT2D eigenvalue weighted by Gasteiger charge is 2.23. The number of aliphatic hydroxyl groups is 2. The maximum Gasteiger partial charge on any atom is 0.165 e. The largest absolute Gasteiger partial charge is 0.394 e. The molecule has 0 aliphatic heterocycles. The Hall–Kier alpha value is -2.55. The minimum absolute atomic E-state index is 0.00396. The van der Waals surface area contributed by atoms with Gasteiger partial charge in [-0.15, -0.1) is 0 Å². The summed E-state index contributed by atoms with van der Waals surface area (Å²) in [4.78, 5) is 12.8. The van der Waals surface area contributed by atoms with Crippen molar-refractivity contribution in [1.82, 2.24) is 19.5 Å². The van der Waals surface area contributed by atoms with E-state index in [2.05, 4.69) is 15.0 Å². The summed E-state index contributed by atoms with van der Waals surface area (Å²) in [7, 11) is 0. The number of unbranched alkanes of at least 4 members (excludes halogenated alkanes) is 1. The summed E-state index contributed by atoms with van der Waals surface area (Å²) < 4.78 is 8.19. The number of rotatable bonds is 11. The van der Waals surface area contributed by atoms with Crippen molar-refractivity contribution in [3.05, 3.63) is 48.5 Å². The molecule has 0 saturated carbocycles. The Morgan fingerprint density at radius 3 is 2.62 bits per heavy atom. The third-order valence-electron chi connectivity index (χ3n) is 5.14. The molecule has 0 bridgehead atoms. The number of aromatic nitrogens is 4. The van der Waals surface area contributed by atoms with E-state index < -0.39 is 6.10 Å². The van der Waals surface area contributed by atoms with E-state index in [0.29, 0.717) is 30.0 Å². The summed E-state index contributed by atoms with van der Waals surface area (Å²) in [5.74, 6) is 0.358. The van der Waals surface area contributed by atoms with Crippen LogP contribution < -0.4 is 5.73 Å². The minimum Gasteiger partial charge on any atom is -0.394 e. The summed E-state index contributed by atoms with van der Waals surface area (Å²) in [6.45, 7) is 2.36. The summed E-state index contributed by atoms with van der Waals surface area (Å²) in [6, 6.07) is 10.1. The third kappa shape index (κ3) is 5.50. The van der Waals surface area contributed by atoms with Crippen molar-refractivity contribution in [2.75, 3.05) is 12.3 Å². The Morgan fingerprint density at radius 1 is 1.10 bits per heavy atom. The minimum atomic E-state index is -0.665. The molecule has 0 fully saturated rings. The van der Waals surface area contributed by atoms with E-state index in [1.54, 1.807) is 6.33 Å². The van der Waals surface area contributed by atoms with Gasteiger partial charge in [0, 0.05) is 0 Å². The van der Waals surface area contributed by atoms with Crippen molar-refractivity contribution in [2.45, 2.75) is 57.5 Å². The molecule has 8 heteroatoms. The maximum atomic E-state index is 9.58. The standard InChI is InChI=1S/C21H29N5O3/c1-15(29-12-16-7-3-2-4-8-16)18(10-6-5-9-17(28)11-27)26-14-25-19-20(22)23-13-24-21(19)26/h2-4,7-8,13-15,17-18,27-28H,5-6,9-12H2,1H3,(H2,22,23,24)/t15-,17?,18+/m0/s1. The molecule has 1 aromatic carbocycles. The Morgan fingerprint density at radius 2 is 1.86 bits per heavy atom. The molecule has 3 rings (SSSR count). The van der Waals surface area contributed by atoms with Crippen LogP contribution in [0.25, 0.3) is 11.2 Å². The van der Waals surface area contributed by atoms with E-state index in [9.17, 15) is 5.11 Å². The highest BCUT2D eigenvalue weighted by molar-refractivity contribution is 5.81. The van der Waals surface area contributed by atoms with Crippen LogP contribution in [-0.2, 0) is 11.3 Å². The van der Waals surface area contributed by atoms with Gasteiger partial charge in [-0.1, -0.05) is 43.2 Å². The van der Waals surface area contributed by atoms with Gasteiger partial charge in [-0.3, -0.25) is 0 Å². The predicted molar refractivity (Wildman–Crippen MR) is 111 cm³/mol. The number of anilines is 1. The molecule has 0 spiro atoms. The van der Waals surface area contributed by atoms with Gasteiger partial charge in [-0.05, 0) is 25.3 Å². The van der Waals surface area contributed by atoms with Gasteiger partial charge in [0.2, 0.25) is 0 Å². The molecule has 0 radical (unpaired) electrons. The molecule has 0 aliphatic carbocycles. The van der Waals surface area contributed by atoms with Crippen LogP contribution in [0, 0.1) is 0 Å². The molecule has 3 atom stereocenters. The van der Waals surface area contributed by atoms with E-state index in [0.717, 1.165) is 24.8 Å². The number of aliphatic hydroxyl groups excluding tert-OH is 2. The second-order valence-corrected chi connectivity index (χ2v) is 7.27. The number of nitrogen functional groups attached to an aromatic ring is 1. The van der Waals surface area contributed by atoms with Crippen molar-refractivity contribution in [3.8, 4) is 0 Å². The van der Waals surface area contributed by atoms with Crippen molar-refractivity contribution in [3.63, 3.8) is 0 Å². The zero-order valence-corrected chi connectivity index (χ0v) is 16.7. The van der Waals surface area contributed by atoms with E-state index >= 15 is 0 Å². The number of hydrogen-bond acceptors (Lipinski definition) is 7. The summed E-state index contributed by atoms with van der Waals surface area (Å²) >= 11 is 0. The lowest BCUT2D eigenvalue weighted by Crippen LogP contribution is -2.24. The first-order chi connectivity index (χ1) is 14.1. The molecule has 8 nitrogen and oxygen atoms in total. The second-order valence-electron chi connectivity index (χ2n) is 7.27. The zero-order valence-electron chi connectivity index (χ0n) is 16.7. The van der Waals surface area contributed by atoms with Crippen molar-refractivity contribution in [2.24, 2.45) is 0 Å². The molecule has 0 amide bonds. The van der Waals surface area contributed by atoms with Gasteiger partial charge < -0.3 is 25.3 Å². The quantitative estimate of drug-likeness (QED) is 0.424. The molecule has 2 heterocycles. The highest BCUT2D eigenvalue weighted by atomic mass is 16.5. The lowest BCUT2D eigenvalue weighted by Gasteiger charge is -2.26. The first-order valence-corrected chi connectivity index (χ1v) is 9.97. The molecule has 0 aliphatic rings. The van der Waals surface area contributed by atoms with Crippen LogP contribution in [0.2, 0.25) is 0 Å². The normalized spacial score (nSPS) is 14.7. The molecule has 0 saturated heterocycles. The van der Waals surface area contributed by atoms with Crippen LogP contribution >= 0.6 is 0 Å². The molecular weight excluding hydrogens is 370 g/mol. The summed E-state index contributed by atoms with van der Waals surface area (Å²) in [5, 5.41) is 18.6. The second kappa shape index (κ2) is 10.3. The maximum absolute atomic E-state index is 9.58. The third-order valence-corrected chi connectivity index (χ3v) is 5.14. The van der Waals surface area contributed by atoms with Gasteiger partial charge in [0.05, 0.1) is 37.8 Å². The fourth-order valence-electron chi connectivity index (χ4n) is 3.45. The van der Waals surface area contributed by atoms with Gasteiger partial charge in [0.1, 0.15) is 11.8 Å². The fourth-order valence-corrected chi connectivity index (χ4v) is 3.45. The van der Waals surface area contributed by atoms with Gasteiger partial charge in [0.25, 0.3) is 0 Å². The SMILES string of the molecule is C[C@H](OCc1ccccc1)[C@@H](CCCCC(O)CO)n1cnc2c(N)ncnc21. The average Bonchev–Trinajstić information content (AvgIpc) is 3.17. The topological polar surface area (TPSA) is 119 Å². The first kappa shape index (κ1) is 21.2. The van der Waals surface area contributed by atoms with Gasteiger partial charge in [0.15, 0.2) is 11.5 Å². The highest BCUT2D eigenvalue weighted by Crippen LogP contribution is 2.27. The van der Waals surface area contributed by atoms with Crippen LogP contribution in [0.15, 0.2) is 43.0 Å². The Labute approximate surface area is 170 Å². The Kier molecular flexibility index (Phi) is 7.51. The lowest BCUT2D eigenvalue weighted by molar-refractivity contribution is 0.0145. The monoisotopic (exact) mass is 399 g/mol. The van der Waals surface area contributed by atoms with E-state index in [1.165, 1.54) is 6.33 Å². The lowest BCUT2D eigenvalue weighted by atomic mass is 10.0. The predicted octanol–water partition coefficient (Wildman–Crippen LogP) is 2.47. The Bertz CT molecular complexity index is 886. The number of fused-ring (bicyclic) bond motifs is 1. The van der Waals surface area contributed by atoms with Crippen LogP contribution in [0.3, 0.4) is 0 Å². The smallest absolute Gasteiger partial charge is 0.165 e. The van der Waals surface area contributed by atoms with Crippen molar-refractivity contribution >= 4 is 17.0 Å². The van der Waals surface area contributed by atoms with E-state index in [-0.39, 0.29) is 18.8 Å².